The Morgan fingerprint density at radius 1 is 1.14 bits per heavy atom. The van der Waals surface area contributed by atoms with Crippen molar-refractivity contribution in [1.82, 2.24) is 4.90 Å². The van der Waals surface area contributed by atoms with E-state index >= 15 is 0 Å². The van der Waals surface area contributed by atoms with Gasteiger partial charge in [-0.3, -0.25) is 0 Å². The number of carbonyl (C=O) groups excluding carboxylic acids is 1. The van der Waals surface area contributed by atoms with E-state index in [1.54, 1.807) is 6.07 Å². The number of hydrogen-bond donors (Lipinski definition) is 1. The first-order valence-electron chi connectivity index (χ1n) is 10.9. The summed E-state index contributed by atoms with van der Waals surface area (Å²) in [5, 5.41) is 12.0. The number of fused-ring (bicyclic) bond motifs is 3. The van der Waals surface area contributed by atoms with Crippen molar-refractivity contribution in [2.75, 3.05) is 26.2 Å². The summed E-state index contributed by atoms with van der Waals surface area (Å²) in [6, 6.07) is 17.8. The Kier molecular flexibility index (Phi) is 6.02. The standard InChI is InChI=1S/C25H31NO3/c1-2-29-24(27)21-8-6-7-19(17-21)11-14-25(28,22-9-4-3-5-10-22)23-18-26-15-12-20(23)13-16-26/h3-10,17,20,23,28H,2,11-16,18H2,1H3. The molecule has 0 spiro atoms. The van der Waals surface area contributed by atoms with Gasteiger partial charge in [-0.15, -0.1) is 0 Å². The molecule has 2 atom stereocenters. The summed E-state index contributed by atoms with van der Waals surface area (Å²) in [6.45, 7) is 5.48. The van der Waals surface area contributed by atoms with Gasteiger partial charge in [-0.2, -0.15) is 0 Å². The SMILES string of the molecule is CCOC(=O)c1cccc(CCC(O)(c2ccccc2)C2CN3CCC2CC3)c1. The van der Waals surface area contributed by atoms with Crippen LogP contribution in [0.25, 0.3) is 0 Å². The van der Waals surface area contributed by atoms with Crippen LogP contribution in [0.2, 0.25) is 0 Å². The zero-order chi connectivity index (χ0) is 20.3. The number of ether oxygens (including phenoxy) is 1. The molecule has 2 aromatic carbocycles. The fourth-order valence-corrected chi connectivity index (χ4v) is 5.18. The first-order chi connectivity index (χ1) is 14.1. The van der Waals surface area contributed by atoms with E-state index in [1.807, 2.05) is 43.3 Å². The second kappa shape index (κ2) is 8.68. The molecule has 0 amide bonds. The van der Waals surface area contributed by atoms with Crippen LogP contribution in [0.4, 0.5) is 0 Å². The first kappa shape index (κ1) is 20.1. The summed E-state index contributed by atoms with van der Waals surface area (Å²) in [6.07, 6.45) is 3.73. The van der Waals surface area contributed by atoms with Gasteiger partial charge in [0, 0.05) is 12.5 Å². The molecule has 3 aliphatic heterocycles. The molecule has 2 bridgehead atoms. The monoisotopic (exact) mass is 393 g/mol. The molecule has 2 unspecified atom stereocenters. The molecule has 3 heterocycles. The maximum absolute atomic E-state index is 12.1. The number of benzene rings is 2. The van der Waals surface area contributed by atoms with Gasteiger partial charge in [0.1, 0.15) is 0 Å². The van der Waals surface area contributed by atoms with Crippen LogP contribution in [0.3, 0.4) is 0 Å². The highest BCUT2D eigenvalue weighted by Gasteiger charge is 2.47. The number of nitrogens with zero attached hydrogens (tertiary/aromatic N) is 1. The van der Waals surface area contributed by atoms with Crippen LogP contribution in [0.5, 0.6) is 0 Å². The lowest BCUT2D eigenvalue weighted by atomic mass is 9.66. The van der Waals surface area contributed by atoms with Gasteiger partial charge in [-0.25, -0.2) is 4.79 Å². The van der Waals surface area contributed by atoms with Gasteiger partial charge < -0.3 is 14.7 Å². The maximum atomic E-state index is 12.1. The zero-order valence-electron chi connectivity index (χ0n) is 17.2. The van der Waals surface area contributed by atoms with E-state index in [0.29, 0.717) is 24.5 Å². The summed E-state index contributed by atoms with van der Waals surface area (Å²) < 4.78 is 5.13. The predicted octanol–water partition coefficient (Wildman–Crippen LogP) is 4.03. The third-order valence-electron chi connectivity index (χ3n) is 6.78. The van der Waals surface area contributed by atoms with E-state index in [2.05, 4.69) is 17.0 Å². The summed E-state index contributed by atoms with van der Waals surface area (Å²) in [7, 11) is 0. The Morgan fingerprint density at radius 2 is 1.90 bits per heavy atom. The van der Waals surface area contributed by atoms with Crippen LogP contribution in [0.1, 0.15) is 47.7 Å². The van der Waals surface area contributed by atoms with Gasteiger partial charge in [0.2, 0.25) is 0 Å². The lowest BCUT2D eigenvalue weighted by Crippen LogP contribution is -2.55. The number of rotatable bonds is 7. The fraction of sp³-hybridized carbons (Fsp3) is 0.480. The predicted molar refractivity (Wildman–Crippen MR) is 114 cm³/mol. The van der Waals surface area contributed by atoms with E-state index in [4.69, 9.17) is 4.74 Å². The number of aliphatic hydroxyl groups is 1. The average molecular weight is 394 g/mol. The van der Waals surface area contributed by atoms with Crippen LogP contribution in [-0.4, -0.2) is 42.2 Å². The highest BCUT2D eigenvalue weighted by atomic mass is 16.5. The van der Waals surface area contributed by atoms with Gasteiger partial charge in [0.15, 0.2) is 0 Å². The minimum Gasteiger partial charge on any atom is -0.462 e. The topological polar surface area (TPSA) is 49.8 Å². The van der Waals surface area contributed by atoms with Crippen LogP contribution in [0.15, 0.2) is 54.6 Å². The zero-order valence-corrected chi connectivity index (χ0v) is 17.2. The Labute approximate surface area is 173 Å². The Hall–Kier alpha value is -2.17. The van der Waals surface area contributed by atoms with E-state index in [0.717, 1.165) is 37.2 Å². The average Bonchev–Trinajstić information content (AvgIpc) is 2.79. The van der Waals surface area contributed by atoms with Crippen molar-refractivity contribution in [3.05, 3.63) is 71.3 Å². The molecule has 29 heavy (non-hydrogen) atoms. The molecular formula is C25H31NO3. The molecule has 2 aromatic rings. The van der Waals surface area contributed by atoms with Crippen LogP contribution in [0, 0.1) is 11.8 Å². The normalized spacial score (nSPS) is 25.4. The van der Waals surface area contributed by atoms with Gasteiger partial charge in [0.05, 0.1) is 17.8 Å². The Morgan fingerprint density at radius 3 is 2.55 bits per heavy atom. The molecule has 4 heteroatoms. The molecule has 0 saturated carbocycles. The Balaban J connectivity index is 1.57. The molecule has 3 saturated heterocycles. The molecule has 1 N–H and O–H groups in total. The highest BCUT2D eigenvalue weighted by Crippen LogP contribution is 2.45. The van der Waals surface area contributed by atoms with Crippen molar-refractivity contribution in [2.24, 2.45) is 11.8 Å². The molecule has 0 aromatic heterocycles. The molecule has 5 rings (SSSR count). The number of piperidine rings is 3. The first-order valence-corrected chi connectivity index (χ1v) is 10.9. The van der Waals surface area contributed by atoms with Crippen molar-refractivity contribution < 1.29 is 14.6 Å². The van der Waals surface area contributed by atoms with Gasteiger partial charge >= 0.3 is 5.97 Å². The second-order valence-corrected chi connectivity index (χ2v) is 8.46. The largest absolute Gasteiger partial charge is 0.462 e. The molecule has 0 radical (unpaired) electrons. The minimum absolute atomic E-state index is 0.251. The lowest BCUT2D eigenvalue weighted by molar-refractivity contribution is -0.106. The van der Waals surface area contributed by atoms with Crippen molar-refractivity contribution in [3.63, 3.8) is 0 Å². The molecule has 3 aliphatic rings. The number of carbonyl (C=O) groups is 1. The molecule has 4 nitrogen and oxygen atoms in total. The summed E-state index contributed by atoms with van der Waals surface area (Å²) in [4.78, 5) is 14.6. The van der Waals surface area contributed by atoms with Crippen molar-refractivity contribution in [2.45, 2.75) is 38.2 Å². The number of aryl methyl sites for hydroxylation is 1. The van der Waals surface area contributed by atoms with Crippen LogP contribution >= 0.6 is 0 Å². The van der Waals surface area contributed by atoms with E-state index in [9.17, 15) is 9.90 Å². The molecular weight excluding hydrogens is 362 g/mol. The van der Waals surface area contributed by atoms with E-state index < -0.39 is 5.60 Å². The van der Waals surface area contributed by atoms with Crippen molar-refractivity contribution >= 4 is 5.97 Å². The highest BCUT2D eigenvalue weighted by molar-refractivity contribution is 5.89. The smallest absolute Gasteiger partial charge is 0.338 e. The van der Waals surface area contributed by atoms with Gasteiger partial charge in [0.25, 0.3) is 0 Å². The second-order valence-electron chi connectivity index (χ2n) is 8.46. The van der Waals surface area contributed by atoms with Gasteiger partial charge in [-0.1, -0.05) is 42.5 Å². The van der Waals surface area contributed by atoms with Crippen molar-refractivity contribution in [1.29, 1.82) is 0 Å². The molecule has 154 valence electrons. The molecule has 0 aliphatic carbocycles. The maximum Gasteiger partial charge on any atom is 0.338 e. The fourth-order valence-electron chi connectivity index (χ4n) is 5.18. The van der Waals surface area contributed by atoms with Gasteiger partial charge in [-0.05, 0) is 74.9 Å². The Bertz CT molecular complexity index is 829. The number of hydrogen-bond acceptors (Lipinski definition) is 4. The lowest BCUT2D eigenvalue weighted by Gasteiger charge is -2.51. The van der Waals surface area contributed by atoms with Crippen molar-refractivity contribution in [3.8, 4) is 0 Å². The minimum atomic E-state index is -0.856. The van der Waals surface area contributed by atoms with Crippen LogP contribution in [-0.2, 0) is 16.8 Å². The van der Waals surface area contributed by atoms with E-state index in [1.165, 1.54) is 12.8 Å². The number of esters is 1. The molecule has 3 fully saturated rings. The summed E-state index contributed by atoms with van der Waals surface area (Å²) in [5.41, 5.74) is 1.80. The quantitative estimate of drug-likeness (QED) is 0.722. The van der Waals surface area contributed by atoms with E-state index in [-0.39, 0.29) is 11.9 Å². The van der Waals surface area contributed by atoms with Crippen LogP contribution < -0.4 is 0 Å². The third-order valence-corrected chi connectivity index (χ3v) is 6.78. The summed E-state index contributed by atoms with van der Waals surface area (Å²) in [5.74, 6) is 0.543. The third kappa shape index (κ3) is 4.24. The summed E-state index contributed by atoms with van der Waals surface area (Å²) >= 11 is 0.